The molecule has 2 aromatic rings. The zero-order valence-electron chi connectivity index (χ0n) is 13.0. The highest BCUT2D eigenvalue weighted by atomic mass is 16.6. The first-order valence-electron chi connectivity index (χ1n) is 7.81. The summed E-state index contributed by atoms with van der Waals surface area (Å²) in [5.74, 6) is 0.346. The highest BCUT2D eigenvalue weighted by molar-refractivity contribution is 5.65. The van der Waals surface area contributed by atoms with E-state index in [2.05, 4.69) is 17.0 Å². The number of anilines is 1. The summed E-state index contributed by atoms with van der Waals surface area (Å²) in [7, 11) is 0. The van der Waals surface area contributed by atoms with Crippen molar-refractivity contribution >= 4 is 11.3 Å². The molecule has 1 aliphatic rings. The van der Waals surface area contributed by atoms with Gasteiger partial charge in [0.15, 0.2) is 5.82 Å². The molecule has 8 heteroatoms. The molecule has 0 amide bonds. The predicted molar refractivity (Wildman–Crippen MR) is 82.8 cm³/mol. The van der Waals surface area contributed by atoms with Crippen LogP contribution in [0.3, 0.4) is 0 Å². The summed E-state index contributed by atoms with van der Waals surface area (Å²) in [5, 5.41) is 24.6. The van der Waals surface area contributed by atoms with Gasteiger partial charge in [0.25, 0.3) is 0 Å². The Morgan fingerprint density at radius 2 is 2.17 bits per heavy atom. The zero-order chi connectivity index (χ0) is 16.4. The smallest absolute Gasteiger partial charge is 0.151 e. The van der Waals surface area contributed by atoms with E-state index in [9.17, 15) is 10.2 Å². The van der Waals surface area contributed by atoms with Gasteiger partial charge in [0.05, 0.1) is 12.3 Å². The maximum atomic E-state index is 10.3. The fourth-order valence-corrected chi connectivity index (χ4v) is 2.77. The maximum Gasteiger partial charge on any atom is 0.151 e. The molecule has 4 atom stereocenters. The number of fused-ring (bicyclic) bond motifs is 1. The van der Waals surface area contributed by atoms with Gasteiger partial charge in [-0.3, -0.25) is 0 Å². The molecule has 2 aromatic heterocycles. The third-order valence-electron chi connectivity index (χ3n) is 4.09. The molecule has 0 saturated carbocycles. The van der Waals surface area contributed by atoms with Gasteiger partial charge in [-0.05, 0) is 18.6 Å². The van der Waals surface area contributed by atoms with Crippen molar-refractivity contribution in [2.45, 2.75) is 44.2 Å². The Hall–Kier alpha value is -1.74. The summed E-state index contributed by atoms with van der Waals surface area (Å²) in [5.41, 5.74) is 7.06. The van der Waals surface area contributed by atoms with E-state index in [1.807, 2.05) is 0 Å². The van der Waals surface area contributed by atoms with Crippen LogP contribution in [0.2, 0.25) is 0 Å². The van der Waals surface area contributed by atoms with E-state index in [4.69, 9.17) is 15.2 Å². The first kappa shape index (κ1) is 16.1. The molecule has 4 N–H and O–H groups in total. The van der Waals surface area contributed by atoms with E-state index in [1.54, 1.807) is 16.6 Å². The van der Waals surface area contributed by atoms with E-state index >= 15 is 0 Å². The van der Waals surface area contributed by atoms with Crippen molar-refractivity contribution in [1.29, 1.82) is 0 Å². The fraction of sp³-hybridized carbons (Fsp3) is 0.600. The van der Waals surface area contributed by atoms with Crippen LogP contribution in [0, 0.1) is 0 Å². The second kappa shape index (κ2) is 6.79. The molecule has 0 aromatic carbocycles. The molecular weight excluding hydrogens is 300 g/mol. The normalized spacial score (nSPS) is 27.8. The first-order valence-corrected chi connectivity index (χ1v) is 7.81. The molecule has 3 rings (SSSR count). The lowest BCUT2D eigenvalue weighted by atomic mass is 10.1. The molecule has 1 aliphatic heterocycles. The van der Waals surface area contributed by atoms with E-state index in [0.29, 0.717) is 23.6 Å². The van der Waals surface area contributed by atoms with Crippen LogP contribution < -0.4 is 5.73 Å². The minimum Gasteiger partial charge on any atom is -0.387 e. The SMILES string of the molecule is CCCCOC[C@H]1O[C@@H](c2ccc3c(N)ncnn23)[C@H](O)[C@@H]1O. The van der Waals surface area contributed by atoms with E-state index in [-0.39, 0.29) is 6.61 Å². The number of ether oxygens (including phenoxy) is 2. The molecule has 0 unspecified atom stereocenters. The Morgan fingerprint density at radius 3 is 2.96 bits per heavy atom. The lowest BCUT2D eigenvalue weighted by Crippen LogP contribution is -2.33. The fourth-order valence-electron chi connectivity index (χ4n) is 2.77. The number of nitrogen functional groups attached to an aromatic ring is 1. The van der Waals surface area contributed by atoms with Gasteiger partial charge in [0.1, 0.15) is 36.3 Å². The first-order chi connectivity index (χ1) is 11.1. The number of aromatic nitrogens is 3. The topological polar surface area (TPSA) is 115 Å². The second-order valence-corrected chi connectivity index (χ2v) is 5.71. The standard InChI is InChI=1S/C15H22N4O4/c1-2-3-6-22-7-11-12(20)13(21)14(23-11)9-4-5-10-15(16)17-8-18-19(9)10/h4-5,8,11-14,20-21H,2-3,6-7H2,1H3,(H2,16,17,18)/t11-,12-,13-,14+/m1/s1. The number of unbranched alkanes of at least 4 members (excludes halogenated alkanes) is 1. The van der Waals surface area contributed by atoms with Gasteiger partial charge in [-0.1, -0.05) is 13.3 Å². The summed E-state index contributed by atoms with van der Waals surface area (Å²) in [6.45, 7) is 2.94. The van der Waals surface area contributed by atoms with Crippen LogP contribution in [0.25, 0.3) is 5.52 Å². The van der Waals surface area contributed by atoms with Crippen LogP contribution in [0.4, 0.5) is 5.82 Å². The summed E-state index contributed by atoms with van der Waals surface area (Å²) in [4.78, 5) is 3.93. The summed E-state index contributed by atoms with van der Waals surface area (Å²) < 4.78 is 12.9. The molecule has 0 spiro atoms. The number of nitrogens with two attached hydrogens (primary N) is 1. The van der Waals surface area contributed by atoms with Gasteiger partial charge >= 0.3 is 0 Å². The van der Waals surface area contributed by atoms with Gasteiger partial charge in [0.2, 0.25) is 0 Å². The molecule has 0 radical (unpaired) electrons. The maximum absolute atomic E-state index is 10.3. The Labute approximate surface area is 133 Å². The summed E-state index contributed by atoms with van der Waals surface area (Å²) >= 11 is 0. The number of hydrogen-bond acceptors (Lipinski definition) is 7. The molecule has 1 fully saturated rings. The second-order valence-electron chi connectivity index (χ2n) is 5.71. The van der Waals surface area contributed by atoms with Crippen molar-refractivity contribution < 1.29 is 19.7 Å². The number of rotatable bonds is 6. The van der Waals surface area contributed by atoms with Gasteiger partial charge < -0.3 is 25.4 Å². The molecule has 126 valence electrons. The highest BCUT2D eigenvalue weighted by Gasteiger charge is 2.44. The average Bonchev–Trinajstić information content (AvgIpc) is 3.09. The van der Waals surface area contributed by atoms with Gasteiger partial charge in [-0.2, -0.15) is 5.10 Å². The van der Waals surface area contributed by atoms with Crippen LogP contribution in [0.15, 0.2) is 18.5 Å². The molecule has 3 heterocycles. The van der Waals surface area contributed by atoms with Crippen LogP contribution >= 0.6 is 0 Å². The molecular formula is C15H22N4O4. The third kappa shape index (κ3) is 3.02. The minimum atomic E-state index is -1.05. The van der Waals surface area contributed by atoms with E-state index in [1.165, 1.54) is 6.33 Å². The lowest BCUT2D eigenvalue weighted by molar-refractivity contribution is -0.0464. The van der Waals surface area contributed by atoms with E-state index < -0.39 is 24.4 Å². The van der Waals surface area contributed by atoms with Crippen LogP contribution in [-0.2, 0) is 9.47 Å². The minimum absolute atomic E-state index is 0.245. The number of nitrogens with zero attached hydrogens (tertiary/aromatic N) is 3. The monoisotopic (exact) mass is 322 g/mol. The Bertz CT molecular complexity index is 662. The molecule has 23 heavy (non-hydrogen) atoms. The van der Waals surface area contributed by atoms with Gasteiger partial charge in [-0.25, -0.2) is 9.50 Å². The summed E-state index contributed by atoms with van der Waals surface area (Å²) in [6.07, 6.45) is 0.00783. The Balaban J connectivity index is 1.76. The molecule has 0 bridgehead atoms. The quantitative estimate of drug-likeness (QED) is 0.655. The third-order valence-corrected chi connectivity index (χ3v) is 4.09. The summed E-state index contributed by atoms with van der Waals surface area (Å²) in [6, 6.07) is 3.53. The molecule has 8 nitrogen and oxygen atoms in total. The Morgan fingerprint density at radius 1 is 1.35 bits per heavy atom. The van der Waals surface area contributed by atoms with Crippen molar-refractivity contribution in [3.05, 3.63) is 24.2 Å². The van der Waals surface area contributed by atoms with Crippen molar-refractivity contribution in [2.75, 3.05) is 18.9 Å². The van der Waals surface area contributed by atoms with Crippen molar-refractivity contribution in [3.8, 4) is 0 Å². The van der Waals surface area contributed by atoms with Gasteiger partial charge in [-0.15, -0.1) is 0 Å². The van der Waals surface area contributed by atoms with Crippen molar-refractivity contribution in [3.63, 3.8) is 0 Å². The number of aliphatic hydroxyl groups is 2. The van der Waals surface area contributed by atoms with Crippen LogP contribution in [-0.4, -0.2) is 56.3 Å². The molecule has 0 aliphatic carbocycles. The van der Waals surface area contributed by atoms with Crippen LogP contribution in [0.1, 0.15) is 31.6 Å². The van der Waals surface area contributed by atoms with Gasteiger partial charge in [0, 0.05) is 6.61 Å². The molecule has 1 saturated heterocycles. The largest absolute Gasteiger partial charge is 0.387 e. The zero-order valence-corrected chi connectivity index (χ0v) is 13.0. The van der Waals surface area contributed by atoms with Crippen molar-refractivity contribution in [1.82, 2.24) is 14.6 Å². The lowest BCUT2D eigenvalue weighted by Gasteiger charge is -2.14. The van der Waals surface area contributed by atoms with E-state index in [0.717, 1.165) is 12.8 Å². The van der Waals surface area contributed by atoms with Crippen molar-refractivity contribution in [2.24, 2.45) is 0 Å². The highest BCUT2D eigenvalue weighted by Crippen LogP contribution is 2.34. The number of hydrogen-bond donors (Lipinski definition) is 3. The average molecular weight is 322 g/mol. The Kier molecular flexibility index (Phi) is 4.76. The van der Waals surface area contributed by atoms with Crippen LogP contribution in [0.5, 0.6) is 0 Å². The number of aliphatic hydroxyl groups excluding tert-OH is 2. The predicted octanol–water partition coefficient (Wildman–Crippen LogP) is 0.290.